The smallest absolute Gasteiger partial charge is 0.251 e. The first kappa shape index (κ1) is 14.5. The van der Waals surface area contributed by atoms with Crippen LogP contribution in [-0.2, 0) is 22.8 Å². The Hall–Kier alpha value is -1.40. The summed E-state index contributed by atoms with van der Waals surface area (Å²) in [5, 5.41) is 6.16. The number of carbonyl (C=O) groups is 1. The summed E-state index contributed by atoms with van der Waals surface area (Å²) in [6.07, 6.45) is 1.65. The number of carbonyl (C=O) groups excluding carboxylic acids is 1. The van der Waals surface area contributed by atoms with Gasteiger partial charge in [0.1, 0.15) is 0 Å². The summed E-state index contributed by atoms with van der Waals surface area (Å²) in [6, 6.07) is 5.80. The van der Waals surface area contributed by atoms with Crippen molar-refractivity contribution in [2.45, 2.75) is 19.4 Å². The first-order valence-electron chi connectivity index (χ1n) is 7.35. The molecule has 1 aromatic rings. The summed E-state index contributed by atoms with van der Waals surface area (Å²) in [4.78, 5) is 12.2. The first-order chi connectivity index (χ1) is 10.0. The molecule has 0 saturated carbocycles. The van der Waals surface area contributed by atoms with Gasteiger partial charge in [0.25, 0.3) is 5.91 Å². The zero-order valence-electron chi connectivity index (χ0n) is 11.9. The van der Waals surface area contributed by atoms with Crippen LogP contribution in [-0.4, -0.2) is 38.9 Å². The first-order valence-corrected chi connectivity index (χ1v) is 9.17. The molecule has 1 fully saturated rings. The summed E-state index contributed by atoms with van der Waals surface area (Å²) in [7, 11) is -2.88. The number of sulfone groups is 1. The van der Waals surface area contributed by atoms with Crippen molar-refractivity contribution in [3.05, 3.63) is 34.9 Å². The lowest BCUT2D eigenvalue weighted by Gasteiger charge is -2.18. The molecule has 21 heavy (non-hydrogen) atoms. The largest absolute Gasteiger partial charge is 0.352 e. The Labute approximate surface area is 125 Å². The Morgan fingerprint density at radius 2 is 2.19 bits per heavy atom. The molecule has 1 amide bonds. The number of hydrogen-bond donors (Lipinski definition) is 2. The van der Waals surface area contributed by atoms with E-state index >= 15 is 0 Å². The Kier molecular flexibility index (Phi) is 3.99. The fourth-order valence-electron chi connectivity index (χ4n) is 2.99. The van der Waals surface area contributed by atoms with Gasteiger partial charge in [-0.05, 0) is 48.6 Å². The molecule has 3 rings (SSSR count). The van der Waals surface area contributed by atoms with Gasteiger partial charge in [0.15, 0.2) is 9.84 Å². The molecule has 2 N–H and O–H groups in total. The van der Waals surface area contributed by atoms with Crippen LogP contribution in [0, 0.1) is 5.92 Å². The predicted octanol–water partition coefficient (Wildman–Crippen LogP) is 0.497. The maximum atomic E-state index is 12.2. The number of amides is 1. The molecule has 0 spiro atoms. The van der Waals surface area contributed by atoms with E-state index in [0.29, 0.717) is 18.5 Å². The summed E-state index contributed by atoms with van der Waals surface area (Å²) < 4.78 is 22.8. The molecular weight excluding hydrogens is 288 g/mol. The topological polar surface area (TPSA) is 75.3 Å². The molecule has 114 valence electrons. The van der Waals surface area contributed by atoms with E-state index in [1.807, 2.05) is 18.2 Å². The van der Waals surface area contributed by atoms with Crippen LogP contribution >= 0.6 is 0 Å². The number of hydrogen-bond acceptors (Lipinski definition) is 4. The SMILES string of the molecule is O=C(NCC1CCS(=O)(=O)C1)c1ccc2c(c1)CNCC2. The van der Waals surface area contributed by atoms with Crippen molar-refractivity contribution in [1.29, 1.82) is 0 Å². The lowest BCUT2D eigenvalue weighted by Crippen LogP contribution is -2.30. The van der Waals surface area contributed by atoms with Crippen LogP contribution in [0.3, 0.4) is 0 Å². The maximum absolute atomic E-state index is 12.2. The van der Waals surface area contributed by atoms with Crippen molar-refractivity contribution in [3.8, 4) is 0 Å². The highest BCUT2D eigenvalue weighted by molar-refractivity contribution is 7.91. The van der Waals surface area contributed by atoms with Crippen molar-refractivity contribution < 1.29 is 13.2 Å². The van der Waals surface area contributed by atoms with Gasteiger partial charge >= 0.3 is 0 Å². The molecule has 5 nitrogen and oxygen atoms in total. The van der Waals surface area contributed by atoms with Crippen LogP contribution < -0.4 is 10.6 Å². The molecular formula is C15H20N2O3S. The van der Waals surface area contributed by atoms with Crippen molar-refractivity contribution in [2.24, 2.45) is 5.92 Å². The second-order valence-corrected chi connectivity index (χ2v) is 8.12. The van der Waals surface area contributed by atoms with Crippen molar-refractivity contribution in [3.63, 3.8) is 0 Å². The third kappa shape index (κ3) is 3.44. The van der Waals surface area contributed by atoms with E-state index in [4.69, 9.17) is 0 Å². The van der Waals surface area contributed by atoms with Crippen LogP contribution in [0.2, 0.25) is 0 Å². The molecule has 2 aliphatic heterocycles. The van der Waals surface area contributed by atoms with Crippen LogP contribution in [0.4, 0.5) is 0 Å². The molecule has 2 heterocycles. The molecule has 0 radical (unpaired) electrons. The van der Waals surface area contributed by atoms with E-state index in [1.54, 1.807) is 0 Å². The highest BCUT2D eigenvalue weighted by atomic mass is 32.2. The maximum Gasteiger partial charge on any atom is 0.251 e. The minimum Gasteiger partial charge on any atom is -0.352 e. The van der Waals surface area contributed by atoms with E-state index in [2.05, 4.69) is 10.6 Å². The average Bonchev–Trinajstić information content (AvgIpc) is 2.83. The standard InChI is InChI=1S/C15H20N2O3S/c18-15(17-8-11-4-6-21(19,20)10-11)13-2-1-12-3-5-16-9-14(12)7-13/h1-2,7,11,16H,3-6,8-10H2,(H,17,18). The molecule has 1 atom stereocenters. The van der Waals surface area contributed by atoms with Crippen LogP contribution in [0.5, 0.6) is 0 Å². The molecule has 2 aliphatic rings. The molecule has 0 aliphatic carbocycles. The van der Waals surface area contributed by atoms with E-state index < -0.39 is 9.84 Å². The second kappa shape index (κ2) is 5.77. The van der Waals surface area contributed by atoms with E-state index in [-0.39, 0.29) is 23.3 Å². The quantitative estimate of drug-likeness (QED) is 0.852. The van der Waals surface area contributed by atoms with Gasteiger partial charge in [0, 0.05) is 18.7 Å². The third-order valence-electron chi connectivity index (χ3n) is 4.23. The minimum atomic E-state index is -2.88. The lowest BCUT2D eigenvalue weighted by atomic mass is 9.98. The lowest BCUT2D eigenvalue weighted by molar-refractivity contribution is 0.0948. The molecule has 1 aromatic carbocycles. The number of benzene rings is 1. The number of fused-ring (bicyclic) bond motifs is 1. The van der Waals surface area contributed by atoms with Crippen molar-refractivity contribution in [2.75, 3.05) is 24.6 Å². The predicted molar refractivity (Wildman–Crippen MR) is 80.9 cm³/mol. The zero-order chi connectivity index (χ0) is 14.9. The van der Waals surface area contributed by atoms with Gasteiger partial charge < -0.3 is 10.6 Å². The fraction of sp³-hybridized carbons (Fsp3) is 0.533. The van der Waals surface area contributed by atoms with Crippen LogP contribution in [0.25, 0.3) is 0 Å². The zero-order valence-corrected chi connectivity index (χ0v) is 12.7. The van der Waals surface area contributed by atoms with E-state index in [1.165, 1.54) is 11.1 Å². The Morgan fingerprint density at radius 1 is 1.33 bits per heavy atom. The summed E-state index contributed by atoms with van der Waals surface area (Å²) >= 11 is 0. The van der Waals surface area contributed by atoms with Gasteiger partial charge in [0.05, 0.1) is 11.5 Å². The fourth-order valence-corrected chi connectivity index (χ4v) is 4.86. The van der Waals surface area contributed by atoms with Crippen molar-refractivity contribution >= 4 is 15.7 Å². The Morgan fingerprint density at radius 3 is 2.95 bits per heavy atom. The Balaban J connectivity index is 1.61. The highest BCUT2D eigenvalue weighted by Crippen LogP contribution is 2.18. The van der Waals surface area contributed by atoms with Crippen molar-refractivity contribution in [1.82, 2.24) is 10.6 Å². The molecule has 0 aromatic heterocycles. The summed E-state index contributed by atoms with van der Waals surface area (Å²) in [5.41, 5.74) is 3.13. The summed E-state index contributed by atoms with van der Waals surface area (Å²) in [5.74, 6) is 0.380. The number of nitrogens with one attached hydrogen (secondary N) is 2. The molecule has 1 saturated heterocycles. The average molecular weight is 308 g/mol. The van der Waals surface area contributed by atoms with Gasteiger partial charge in [-0.15, -0.1) is 0 Å². The monoisotopic (exact) mass is 308 g/mol. The van der Waals surface area contributed by atoms with Gasteiger partial charge in [-0.2, -0.15) is 0 Å². The highest BCUT2D eigenvalue weighted by Gasteiger charge is 2.28. The van der Waals surface area contributed by atoms with E-state index in [0.717, 1.165) is 19.5 Å². The van der Waals surface area contributed by atoms with Gasteiger partial charge in [-0.1, -0.05) is 6.07 Å². The third-order valence-corrected chi connectivity index (χ3v) is 6.07. The normalized spacial score (nSPS) is 23.5. The Bertz CT molecular complexity index is 655. The van der Waals surface area contributed by atoms with Crippen LogP contribution in [0.15, 0.2) is 18.2 Å². The minimum absolute atomic E-state index is 0.0539. The van der Waals surface area contributed by atoms with Crippen LogP contribution in [0.1, 0.15) is 27.9 Å². The van der Waals surface area contributed by atoms with Gasteiger partial charge in [-0.25, -0.2) is 8.42 Å². The molecule has 6 heteroatoms. The van der Waals surface area contributed by atoms with Gasteiger partial charge in [0.2, 0.25) is 0 Å². The van der Waals surface area contributed by atoms with E-state index in [9.17, 15) is 13.2 Å². The molecule has 0 bridgehead atoms. The summed E-state index contributed by atoms with van der Waals surface area (Å²) in [6.45, 7) is 2.22. The second-order valence-electron chi connectivity index (χ2n) is 5.89. The van der Waals surface area contributed by atoms with Gasteiger partial charge in [-0.3, -0.25) is 4.79 Å². The number of rotatable bonds is 3. The molecule has 1 unspecified atom stereocenters.